The van der Waals surface area contributed by atoms with Crippen molar-refractivity contribution in [1.82, 2.24) is 10.2 Å². The molecule has 0 bridgehead atoms. The number of nitrogens with one attached hydrogen (secondary N) is 1. The quantitative estimate of drug-likeness (QED) is 0.747. The molecule has 0 fully saturated rings. The molecule has 0 aliphatic heterocycles. The zero-order valence-corrected chi connectivity index (χ0v) is 8.64. The van der Waals surface area contributed by atoms with Gasteiger partial charge in [0, 0.05) is 6.04 Å². The predicted octanol–water partition coefficient (Wildman–Crippen LogP) is 2.41. The van der Waals surface area contributed by atoms with Gasteiger partial charge in [0.25, 0.3) is 0 Å². The minimum atomic E-state index is 0.262. The van der Waals surface area contributed by atoms with Crippen molar-refractivity contribution in [2.45, 2.75) is 38.6 Å². The van der Waals surface area contributed by atoms with Crippen LogP contribution in [0.3, 0.4) is 0 Å². The van der Waals surface area contributed by atoms with Crippen molar-refractivity contribution in [1.29, 1.82) is 0 Å². The molecule has 5 heteroatoms. The lowest BCUT2D eigenvalue weighted by molar-refractivity contribution is 0.512. The second-order valence-electron chi connectivity index (χ2n) is 2.79. The smallest absolute Gasteiger partial charge is 0.315 e. The van der Waals surface area contributed by atoms with E-state index in [-0.39, 0.29) is 5.88 Å². The Hall–Kier alpha value is -0.770. The second kappa shape index (κ2) is 5.07. The van der Waals surface area contributed by atoms with Crippen LogP contribution in [0.2, 0.25) is 0 Å². The van der Waals surface area contributed by atoms with Crippen LogP contribution in [-0.2, 0) is 5.88 Å². The van der Waals surface area contributed by atoms with E-state index in [0.717, 1.165) is 12.8 Å². The minimum absolute atomic E-state index is 0.262. The summed E-state index contributed by atoms with van der Waals surface area (Å²) in [6.45, 7) is 4.22. The average molecular weight is 204 g/mol. The van der Waals surface area contributed by atoms with Crippen LogP contribution >= 0.6 is 11.6 Å². The molecule has 4 nitrogen and oxygen atoms in total. The maximum absolute atomic E-state index is 5.52. The third kappa shape index (κ3) is 2.88. The first kappa shape index (κ1) is 10.3. The van der Waals surface area contributed by atoms with E-state index >= 15 is 0 Å². The fraction of sp³-hybridized carbons (Fsp3) is 0.750. The number of alkyl halides is 1. The van der Waals surface area contributed by atoms with Crippen molar-refractivity contribution >= 4 is 17.6 Å². The monoisotopic (exact) mass is 203 g/mol. The molecular formula is C8H14ClN3O. The zero-order valence-electron chi connectivity index (χ0n) is 7.88. The SMILES string of the molecule is CCC(CC)Nc1nnc(CCl)o1. The van der Waals surface area contributed by atoms with Gasteiger partial charge in [-0.25, -0.2) is 0 Å². The first-order valence-electron chi connectivity index (χ1n) is 4.45. The molecule has 0 aliphatic rings. The molecule has 0 aliphatic carbocycles. The molecule has 0 amide bonds. The lowest BCUT2D eigenvalue weighted by atomic mass is 10.2. The summed E-state index contributed by atoms with van der Waals surface area (Å²) in [7, 11) is 0. The van der Waals surface area contributed by atoms with Crippen molar-refractivity contribution in [2.24, 2.45) is 0 Å². The summed E-state index contributed by atoms with van der Waals surface area (Å²) in [6, 6.07) is 0.855. The standard InChI is InChI=1S/C8H14ClN3O/c1-3-6(4-2)10-8-12-11-7(5-9)13-8/h6H,3-5H2,1-2H3,(H,10,12). The lowest BCUT2D eigenvalue weighted by Gasteiger charge is -2.11. The molecule has 74 valence electrons. The van der Waals surface area contributed by atoms with Crippen LogP contribution in [0.15, 0.2) is 4.42 Å². The van der Waals surface area contributed by atoms with Crippen molar-refractivity contribution in [2.75, 3.05) is 5.32 Å². The molecule has 0 aromatic carbocycles. The van der Waals surface area contributed by atoms with Crippen LogP contribution < -0.4 is 5.32 Å². The Balaban J connectivity index is 2.52. The van der Waals surface area contributed by atoms with Gasteiger partial charge in [-0.2, -0.15) is 0 Å². The maximum atomic E-state index is 5.52. The molecule has 0 atom stereocenters. The van der Waals surface area contributed by atoms with Crippen LogP contribution in [0, 0.1) is 0 Å². The van der Waals surface area contributed by atoms with E-state index in [9.17, 15) is 0 Å². The Morgan fingerprint density at radius 1 is 1.38 bits per heavy atom. The second-order valence-corrected chi connectivity index (χ2v) is 3.06. The molecule has 13 heavy (non-hydrogen) atoms. The largest absolute Gasteiger partial charge is 0.407 e. The first-order valence-corrected chi connectivity index (χ1v) is 4.98. The summed E-state index contributed by atoms with van der Waals surface area (Å²) in [6.07, 6.45) is 2.07. The zero-order chi connectivity index (χ0) is 9.68. The van der Waals surface area contributed by atoms with Crippen molar-refractivity contribution in [3.05, 3.63) is 5.89 Å². The van der Waals surface area contributed by atoms with Gasteiger partial charge >= 0.3 is 6.01 Å². The normalized spacial score (nSPS) is 10.8. The summed E-state index contributed by atoms with van der Waals surface area (Å²) in [4.78, 5) is 0. The van der Waals surface area contributed by atoms with Crippen molar-refractivity contribution < 1.29 is 4.42 Å². The molecule has 1 heterocycles. The van der Waals surface area contributed by atoms with Gasteiger partial charge in [-0.15, -0.1) is 16.7 Å². The van der Waals surface area contributed by atoms with Crippen LogP contribution in [0.5, 0.6) is 0 Å². The lowest BCUT2D eigenvalue weighted by Crippen LogP contribution is -2.17. The Morgan fingerprint density at radius 3 is 2.54 bits per heavy atom. The summed E-state index contributed by atoms with van der Waals surface area (Å²) in [5, 5.41) is 10.7. The summed E-state index contributed by atoms with van der Waals surface area (Å²) in [5.74, 6) is 0.715. The molecule has 0 unspecified atom stereocenters. The summed E-state index contributed by atoms with van der Waals surface area (Å²) in [5.41, 5.74) is 0. The summed E-state index contributed by atoms with van der Waals surface area (Å²) < 4.78 is 5.20. The molecule has 1 rings (SSSR count). The molecule has 0 radical (unpaired) electrons. The highest BCUT2D eigenvalue weighted by molar-refractivity contribution is 6.16. The molecule has 1 N–H and O–H groups in total. The Bertz CT molecular complexity index is 247. The van der Waals surface area contributed by atoms with Crippen LogP contribution in [0.4, 0.5) is 6.01 Å². The van der Waals surface area contributed by atoms with E-state index in [1.807, 2.05) is 0 Å². The van der Waals surface area contributed by atoms with E-state index in [1.54, 1.807) is 0 Å². The van der Waals surface area contributed by atoms with Gasteiger partial charge < -0.3 is 9.73 Å². The molecule has 0 spiro atoms. The number of halogens is 1. The molecule has 1 aromatic rings. The Kier molecular flexibility index (Phi) is 4.02. The average Bonchev–Trinajstić information content (AvgIpc) is 2.61. The fourth-order valence-electron chi connectivity index (χ4n) is 1.03. The highest BCUT2D eigenvalue weighted by atomic mass is 35.5. The topological polar surface area (TPSA) is 51.0 Å². The molecule has 1 aromatic heterocycles. The van der Waals surface area contributed by atoms with Gasteiger partial charge in [0.2, 0.25) is 5.89 Å². The van der Waals surface area contributed by atoms with Gasteiger partial charge in [-0.1, -0.05) is 18.9 Å². The van der Waals surface area contributed by atoms with Gasteiger partial charge in [0.15, 0.2) is 0 Å². The summed E-state index contributed by atoms with van der Waals surface area (Å²) >= 11 is 5.52. The number of hydrogen-bond acceptors (Lipinski definition) is 4. The molecule has 0 saturated heterocycles. The van der Waals surface area contributed by atoms with Gasteiger partial charge in [0.1, 0.15) is 5.88 Å². The minimum Gasteiger partial charge on any atom is -0.407 e. The van der Waals surface area contributed by atoms with Crippen LogP contribution in [0.25, 0.3) is 0 Å². The third-order valence-corrected chi connectivity index (χ3v) is 2.12. The van der Waals surface area contributed by atoms with E-state index in [0.29, 0.717) is 17.9 Å². The van der Waals surface area contributed by atoms with Gasteiger partial charge in [-0.3, -0.25) is 0 Å². The van der Waals surface area contributed by atoms with E-state index < -0.39 is 0 Å². The van der Waals surface area contributed by atoms with Crippen molar-refractivity contribution in [3.8, 4) is 0 Å². The van der Waals surface area contributed by atoms with Crippen LogP contribution in [-0.4, -0.2) is 16.2 Å². The molecular weight excluding hydrogens is 190 g/mol. The molecule has 0 saturated carbocycles. The highest BCUT2D eigenvalue weighted by Crippen LogP contribution is 2.11. The number of nitrogens with zero attached hydrogens (tertiary/aromatic N) is 2. The Morgan fingerprint density at radius 2 is 2.08 bits per heavy atom. The third-order valence-electron chi connectivity index (χ3n) is 1.89. The number of rotatable bonds is 5. The van der Waals surface area contributed by atoms with Crippen LogP contribution in [0.1, 0.15) is 32.6 Å². The number of aromatic nitrogens is 2. The number of anilines is 1. The highest BCUT2D eigenvalue weighted by Gasteiger charge is 2.08. The van der Waals surface area contributed by atoms with Gasteiger partial charge in [-0.05, 0) is 12.8 Å². The van der Waals surface area contributed by atoms with E-state index in [1.165, 1.54) is 0 Å². The van der Waals surface area contributed by atoms with E-state index in [4.69, 9.17) is 16.0 Å². The van der Waals surface area contributed by atoms with E-state index in [2.05, 4.69) is 29.4 Å². The van der Waals surface area contributed by atoms with Gasteiger partial charge in [0.05, 0.1) is 0 Å². The first-order chi connectivity index (χ1) is 6.30. The number of hydrogen-bond donors (Lipinski definition) is 1. The Labute approximate surface area is 82.7 Å². The van der Waals surface area contributed by atoms with Crippen molar-refractivity contribution in [3.63, 3.8) is 0 Å². The predicted molar refractivity (Wildman–Crippen MR) is 51.8 cm³/mol. The fourth-order valence-corrected chi connectivity index (χ4v) is 1.14. The maximum Gasteiger partial charge on any atom is 0.315 e.